The number of carboxylic acid groups (broad SMARTS) is 1. The number of hydrogen-bond acceptors (Lipinski definition) is 5. The zero-order valence-corrected chi connectivity index (χ0v) is 18.1. The van der Waals surface area contributed by atoms with Gasteiger partial charge in [0, 0.05) is 12.1 Å². The minimum atomic E-state index is -1.02. The molecule has 0 spiro atoms. The summed E-state index contributed by atoms with van der Waals surface area (Å²) in [5.74, 6) is -1.36. The lowest BCUT2D eigenvalue weighted by Crippen LogP contribution is -2.56. The number of aromatic carboxylic acids is 1. The predicted molar refractivity (Wildman–Crippen MR) is 128 cm³/mol. The highest BCUT2D eigenvalue weighted by Crippen LogP contribution is 2.28. The highest BCUT2D eigenvalue weighted by molar-refractivity contribution is 7.80. The number of hydrogen-bond donors (Lipinski definition) is 1. The fourth-order valence-electron chi connectivity index (χ4n) is 3.37. The topological polar surface area (TPSA) is 91.1 Å². The number of para-hydroxylation sites is 1. The van der Waals surface area contributed by atoms with Crippen LogP contribution in [0.15, 0.2) is 89.4 Å². The Kier molecular flexibility index (Phi) is 6.01. The molecule has 164 valence electrons. The SMILES string of the molecule is C=CCN1C(=O)/C(=C\c2ccc(-c3ccc(C(=O)O)cc3)o2)C(=O)N(c2ccccc2)C1=S. The van der Waals surface area contributed by atoms with Gasteiger partial charge in [-0.05, 0) is 54.7 Å². The summed E-state index contributed by atoms with van der Waals surface area (Å²) < 4.78 is 5.81. The van der Waals surface area contributed by atoms with Gasteiger partial charge >= 0.3 is 5.97 Å². The summed E-state index contributed by atoms with van der Waals surface area (Å²) in [7, 11) is 0. The maximum absolute atomic E-state index is 13.3. The Hall–Kier alpha value is -4.30. The van der Waals surface area contributed by atoms with E-state index in [0.717, 1.165) is 0 Å². The Morgan fingerprint density at radius 3 is 2.33 bits per heavy atom. The maximum atomic E-state index is 13.3. The van der Waals surface area contributed by atoms with Crippen LogP contribution in [0.1, 0.15) is 16.1 Å². The van der Waals surface area contributed by atoms with Gasteiger partial charge in [-0.3, -0.25) is 19.4 Å². The summed E-state index contributed by atoms with van der Waals surface area (Å²) in [5, 5.41) is 9.12. The molecule has 0 aliphatic carbocycles. The molecule has 0 bridgehead atoms. The van der Waals surface area contributed by atoms with Crippen molar-refractivity contribution in [2.24, 2.45) is 0 Å². The van der Waals surface area contributed by atoms with Crippen LogP contribution in [0, 0.1) is 0 Å². The third kappa shape index (κ3) is 4.24. The number of rotatable bonds is 6. The number of thiocarbonyl (C=S) groups is 1. The van der Waals surface area contributed by atoms with Gasteiger partial charge in [0.05, 0.1) is 11.3 Å². The second kappa shape index (κ2) is 9.05. The van der Waals surface area contributed by atoms with Crippen molar-refractivity contribution in [3.63, 3.8) is 0 Å². The van der Waals surface area contributed by atoms with E-state index in [1.807, 2.05) is 6.07 Å². The number of furan rings is 1. The van der Waals surface area contributed by atoms with Crippen LogP contribution in [-0.4, -0.2) is 39.4 Å². The Morgan fingerprint density at radius 1 is 1.00 bits per heavy atom. The average Bonchev–Trinajstić information content (AvgIpc) is 3.29. The number of carbonyl (C=O) groups is 3. The standard InChI is InChI=1S/C25H18N2O5S/c1-2-14-26-22(28)20(23(29)27(25(26)33)18-6-4-3-5-7-18)15-19-12-13-21(32-19)16-8-10-17(11-9-16)24(30)31/h2-13,15H,1,14H2,(H,30,31)/b20-15+. The highest BCUT2D eigenvalue weighted by atomic mass is 32.1. The minimum Gasteiger partial charge on any atom is -0.478 e. The number of amides is 2. The van der Waals surface area contributed by atoms with Crippen LogP contribution in [0.4, 0.5) is 5.69 Å². The summed E-state index contributed by atoms with van der Waals surface area (Å²) >= 11 is 5.43. The highest BCUT2D eigenvalue weighted by Gasteiger charge is 2.40. The maximum Gasteiger partial charge on any atom is 0.335 e. The van der Waals surface area contributed by atoms with E-state index in [0.29, 0.717) is 22.8 Å². The van der Waals surface area contributed by atoms with Crippen LogP contribution in [0.2, 0.25) is 0 Å². The van der Waals surface area contributed by atoms with Gasteiger partial charge in [-0.2, -0.15) is 0 Å². The second-order valence-corrected chi connectivity index (χ2v) is 7.47. The lowest BCUT2D eigenvalue weighted by molar-refractivity contribution is -0.127. The number of benzene rings is 2. The molecule has 33 heavy (non-hydrogen) atoms. The molecular weight excluding hydrogens is 440 g/mol. The fraction of sp³-hybridized carbons (Fsp3) is 0.0400. The smallest absolute Gasteiger partial charge is 0.335 e. The molecule has 2 aromatic carbocycles. The molecule has 7 nitrogen and oxygen atoms in total. The zero-order valence-electron chi connectivity index (χ0n) is 17.3. The third-order valence-corrected chi connectivity index (χ3v) is 5.39. The van der Waals surface area contributed by atoms with Gasteiger partial charge in [-0.25, -0.2) is 4.79 Å². The first-order valence-electron chi connectivity index (χ1n) is 9.92. The van der Waals surface area contributed by atoms with Crippen LogP contribution in [-0.2, 0) is 9.59 Å². The van der Waals surface area contributed by atoms with Crippen molar-refractivity contribution in [3.8, 4) is 11.3 Å². The molecule has 2 heterocycles. The first-order valence-corrected chi connectivity index (χ1v) is 10.3. The average molecular weight is 458 g/mol. The fourth-order valence-corrected chi connectivity index (χ4v) is 3.72. The largest absolute Gasteiger partial charge is 0.478 e. The number of carboxylic acids is 1. The molecule has 0 atom stereocenters. The van der Waals surface area contributed by atoms with Gasteiger partial charge < -0.3 is 9.52 Å². The van der Waals surface area contributed by atoms with Gasteiger partial charge in [-0.1, -0.05) is 36.4 Å². The minimum absolute atomic E-state index is 0.0758. The summed E-state index contributed by atoms with van der Waals surface area (Å²) in [5.41, 5.74) is 1.26. The molecule has 2 amide bonds. The number of carbonyl (C=O) groups excluding carboxylic acids is 2. The molecule has 0 radical (unpaired) electrons. The molecule has 1 aliphatic heterocycles. The first-order chi connectivity index (χ1) is 15.9. The van der Waals surface area contributed by atoms with Gasteiger partial charge in [-0.15, -0.1) is 6.58 Å². The molecule has 0 unspecified atom stereocenters. The van der Waals surface area contributed by atoms with E-state index in [1.165, 1.54) is 34.1 Å². The molecule has 4 rings (SSSR count). The zero-order chi connectivity index (χ0) is 23.5. The molecule has 1 fully saturated rings. The van der Waals surface area contributed by atoms with E-state index < -0.39 is 17.8 Å². The Morgan fingerprint density at radius 2 is 1.70 bits per heavy atom. The van der Waals surface area contributed by atoms with Crippen LogP contribution < -0.4 is 4.90 Å². The van der Waals surface area contributed by atoms with E-state index in [2.05, 4.69) is 6.58 Å². The number of anilines is 1. The molecule has 3 aromatic rings. The van der Waals surface area contributed by atoms with Crippen molar-refractivity contribution < 1.29 is 23.9 Å². The summed E-state index contributed by atoms with van der Waals surface area (Å²) in [4.78, 5) is 40.0. The molecule has 1 aromatic heterocycles. The van der Waals surface area contributed by atoms with Crippen LogP contribution >= 0.6 is 12.2 Å². The van der Waals surface area contributed by atoms with Crippen molar-refractivity contribution >= 4 is 46.9 Å². The van der Waals surface area contributed by atoms with Gasteiger partial charge in [0.15, 0.2) is 5.11 Å². The first kappa shape index (κ1) is 21.9. The van der Waals surface area contributed by atoms with Crippen molar-refractivity contribution in [2.75, 3.05) is 11.4 Å². The summed E-state index contributed by atoms with van der Waals surface area (Å²) in [6.07, 6.45) is 2.92. The van der Waals surface area contributed by atoms with E-state index in [9.17, 15) is 14.4 Å². The van der Waals surface area contributed by atoms with Crippen LogP contribution in [0.3, 0.4) is 0 Å². The van der Waals surface area contributed by atoms with Gasteiger partial charge in [0.2, 0.25) is 0 Å². The van der Waals surface area contributed by atoms with Crippen molar-refractivity contribution in [1.82, 2.24) is 4.90 Å². The number of nitrogens with zero attached hydrogens (tertiary/aromatic N) is 2. The third-order valence-electron chi connectivity index (χ3n) is 4.99. The predicted octanol–water partition coefficient (Wildman–Crippen LogP) is 4.37. The second-order valence-electron chi connectivity index (χ2n) is 7.11. The molecule has 1 aliphatic rings. The van der Waals surface area contributed by atoms with E-state index >= 15 is 0 Å². The lowest BCUT2D eigenvalue weighted by atomic mass is 10.1. The van der Waals surface area contributed by atoms with E-state index in [1.54, 1.807) is 48.5 Å². The lowest BCUT2D eigenvalue weighted by Gasteiger charge is -2.36. The Bertz CT molecular complexity index is 1290. The van der Waals surface area contributed by atoms with E-state index in [4.69, 9.17) is 21.7 Å². The Balaban J connectivity index is 1.70. The van der Waals surface area contributed by atoms with E-state index in [-0.39, 0.29) is 22.8 Å². The van der Waals surface area contributed by atoms with Crippen LogP contribution in [0.25, 0.3) is 17.4 Å². The van der Waals surface area contributed by atoms with Gasteiger partial charge in [0.1, 0.15) is 17.1 Å². The molecule has 8 heteroatoms. The van der Waals surface area contributed by atoms with Crippen molar-refractivity contribution in [3.05, 3.63) is 96.3 Å². The monoisotopic (exact) mass is 458 g/mol. The summed E-state index contributed by atoms with van der Waals surface area (Å²) in [6.45, 7) is 3.82. The molecule has 0 saturated carbocycles. The Labute approximate surface area is 194 Å². The van der Waals surface area contributed by atoms with Crippen LogP contribution in [0.5, 0.6) is 0 Å². The van der Waals surface area contributed by atoms with Crippen molar-refractivity contribution in [2.45, 2.75) is 0 Å². The molecule has 1 N–H and O–H groups in total. The molecular formula is C25H18N2O5S. The quantitative estimate of drug-likeness (QED) is 0.255. The van der Waals surface area contributed by atoms with Crippen molar-refractivity contribution in [1.29, 1.82) is 0 Å². The summed E-state index contributed by atoms with van der Waals surface area (Å²) in [6, 6.07) is 18.3. The normalized spacial score (nSPS) is 15.3. The molecule has 1 saturated heterocycles. The van der Waals surface area contributed by atoms with Gasteiger partial charge in [0.25, 0.3) is 11.8 Å².